The van der Waals surface area contributed by atoms with Gasteiger partial charge in [0.2, 0.25) is 5.28 Å². The number of alkyl halides is 1. The summed E-state index contributed by atoms with van der Waals surface area (Å²) in [6.45, 7) is 1.26. The van der Waals surface area contributed by atoms with Crippen LogP contribution in [0.5, 0.6) is 0 Å². The fourth-order valence-corrected chi connectivity index (χ4v) is 4.19. The Morgan fingerprint density at radius 1 is 1.53 bits per heavy atom. The molecule has 0 aromatic carbocycles. The first-order valence-electron chi connectivity index (χ1n) is 8.54. The van der Waals surface area contributed by atoms with Crippen LogP contribution in [0.15, 0.2) is 6.33 Å². The molecular formula is C14H16ClFN5O8P. The first kappa shape index (κ1) is 21.3. The summed E-state index contributed by atoms with van der Waals surface area (Å²) in [4.78, 5) is 42.2. The number of nitrogens with zero attached hydrogens (tertiary/aromatic N) is 4. The lowest BCUT2D eigenvalue weighted by molar-refractivity contribution is -0.157. The monoisotopic (exact) mass is 467 g/mol. The van der Waals surface area contributed by atoms with E-state index in [1.54, 1.807) is 0 Å². The molecule has 1 saturated heterocycles. The van der Waals surface area contributed by atoms with E-state index >= 15 is 4.39 Å². The largest absolute Gasteiger partial charge is 0.464 e. The molecule has 2 aromatic rings. The Morgan fingerprint density at radius 3 is 2.80 bits per heavy atom. The van der Waals surface area contributed by atoms with E-state index in [1.165, 1.54) is 13.3 Å². The van der Waals surface area contributed by atoms with Crippen LogP contribution in [0.3, 0.4) is 0 Å². The Hall–Kier alpha value is -1.93. The van der Waals surface area contributed by atoms with Gasteiger partial charge in [0.25, 0.3) is 5.85 Å². The number of nitrogen functional groups attached to an aromatic ring is 1. The van der Waals surface area contributed by atoms with E-state index in [9.17, 15) is 24.3 Å². The number of imidazole rings is 1. The fraction of sp³-hybridized carbons (Fsp3) is 0.571. The van der Waals surface area contributed by atoms with Crippen molar-refractivity contribution in [1.29, 1.82) is 0 Å². The van der Waals surface area contributed by atoms with Gasteiger partial charge in [0, 0.05) is 0 Å². The topological polar surface area (TPSA) is 192 Å². The van der Waals surface area contributed by atoms with Crippen molar-refractivity contribution in [1.82, 2.24) is 19.5 Å². The van der Waals surface area contributed by atoms with Crippen LogP contribution in [0.2, 0.25) is 5.28 Å². The van der Waals surface area contributed by atoms with E-state index in [-0.39, 0.29) is 28.9 Å². The molecule has 0 bridgehead atoms. The third kappa shape index (κ3) is 3.15. The number of halogens is 2. The Labute approximate surface area is 172 Å². The molecular weight excluding hydrogens is 452 g/mol. The van der Waals surface area contributed by atoms with Crippen LogP contribution in [-0.4, -0.2) is 76.8 Å². The molecule has 164 valence electrons. The summed E-state index contributed by atoms with van der Waals surface area (Å²) in [5.41, 5.74) is 3.64. The number of aliphatic hydroxyl groups is 1. The molecule has 2 aromatic heterocycles. The lowest BCUT2D eigenvalue weighted by atomic mass is 10.2. The summed E-state index contributed by atoms with van der Waals surface area (Å²) in [6, 6.07) is 0. The highest BCUT2D eigenvalue weighted by Crippen LogP contribution is 2.59. The number of hydrogen-bond acceptors (Lipinski definition) is 10. The summed E-state index contributed by atoms with van der Waals surface area (Å²) in [5.74, 6) is -3.71. The first-order chi connectivity index (χ1) is 14.0. The van der Waals surface area contributed by atoms with Gasteiger partial charge >= 0.3 is 13.6 Å². The molecule has 1 unspecified atom stereocenters. The van der Waals surface area contributed by atoms with E-state index in [2.05, 4.69) is 19.7 Å². The Kier molecular flexibility index (Phi) is 5.01. The third-order valence-corrected chi connectivity index (χ3v) is 5.93. The third-order valence-electron chi connectivity index (χ3n) is 4.82. The molecule has 3 heterocycles. The number of rotatable bonds is 6. The van der Waals surface area contributed by atoms with Gasteiger partial charge in [-0.1, -0.05) is 0 Å². The highest BCUT2D eigenvalue weighted by atomic mass is 35.5. The average molecular weight is 468 g/mol. The molecule has 0 radical (unpaired) electrons. The van der Waals surface area contributed by atoms with Crippen LogP contribution in [0.25, 0.3) is 11.2 Å². The minimum Gasteiger partial charge on any atom is -0.464 e. The van der Waals surface area contributed by atoms with Gasteiger partial charge in [0.15, 0.2) is 29.5 Å². The molecule has 1 saturated carbocycles. The summed E-state index contributed by atoms with van der Waals surface area (Å²) in [5, 5.41) is 10.4. The van der Waals surface area contributed by atoms with Crippen LogP contribution >= 0.6 is 19.2 Å². The second-order valence-electron chi connectivity index (χ2n) is 6.69. The molecule has 1 aliphatic carbocycles. The van der Waals surface area contributed by atoms with Crippen molar-refractivity contribution in [3.63, 3.8) is 0 Å². The standard InChI is InChI=1S/C14H16ClFN5O8P/c1-2-27-11(22)12(30(24,25)26)29-7-6-14(7,23)5(16)10(28-6)21-3-18-4-8(17)19-13(15)20-9(4)21/h3,5-7,10,12,23H,2H2,1H3,(H2,17,19,20)(H2,24,25,26)/t5-,6-,7?,10-,12+,14+/m1/s1. The molecule has 1 aliphatic heterocycles. The number of aromatic nitrogens is 4. The van der Waals surface area contributed by atoms with Crippen LogP contribution in [0, 0.1) is 0 Å². The van der Waals surface area contributed by atoms with Gasteiger partial charge < -0.3 is 34.8 Å². The summed E-state index contributed by atoms with van der Waals surface area (Å²) < 4.78 is 42.9. The maximum atomic E-state index is 15.1. The van der Waals surface area contributed by atoms with E-state index in [0.29, 0.717) is 0 Å². The predicted octanol–water partition coefficient (Wildman–Crippen LogP) is -0.506. The van der Waals surface area contributed by atoms with E-state index in [1.807, 2.05) is 0 Å². The highest BCUT2D eigenvalue weighted by Gasteiger charge is 2.80. The molecule has 30 heavy (non-hydrogen) atoms. The van der Waals surface area contributed by atoms with Crippen molar-refractivity contribution in [2.45, 2.75) is 43.0 Å². The Balaban J connectivity index is 1.57. The van der Waals surface area contributed by atoms with E-state index in [4.69, 9.17) is 26.8 Å². The average Bonchev–Trinajstić information content (AvgIpc) is 2.89. The quantitative estimate of drug-likeness (QED) is 0.242. The number of carbonyl (C=O) groups is 1. The van der Waals surface area contributed by atoms with Crippen LogP contribution in [0.1, 0.15) is 13.2 Å². The molecule has 2 aliphatic rings. The smallest absolute Gasteiger partial charge is 0.365 e. The molecule has 5 N–H and O–H groups in total. The second kappa shape index (κ2) is 7.05. The van der Waals surface area contributed by atoms with Gasteiger partial charge in [-0.3, -0.25) is 9.13 Å². The van der Waals surface area contributed by atoms with Gasteiger partial charge in [0.05, 0.1) is 12.9 Å². The molecule has 13 nitrogen and oxygen atoms in total. The SMILES string of the molecule is CCOC(=O)[C@@H](OC1[C@H]2O[C@@H](n3cnc4c(N)nc(Cl)nc43)[C@@H](F)[C@@]12O)P(=O)(O)O. The van der Waals surface area contributed by atoms with Gasteiger partial charge in [-0.15, -0.1) is 0 Å². The van der Waals surface area contributed by atoms with Gasteiger partial charge in [-0.2, -0.15) is 9.97 Å². The van der Waals surface area contributed by atoms with E-state index < -0.39 is 49.6 Å². The van der Waals surface area contributed by atoms with Crippen molar-refractivity contribution in [2.75, 3.05) is 12.3 Å². The second-order valence-corrected chi connectivity index (χ2v) is 8.67. The van der Waals surface area contributed by atoms with Crippen molar-refractivity contribution < 1.29 is 42.9 Å². The zero-order valence-electron chi connectivity index (χ0n) is 15.1. The highest BCUT2D eigenvalue weighted by molar-refractivity contribution is 7.53. The van der Waals surface area contributed by atoms with Crippen molar-refractivity contribution in [3.05, 3.63) is 11.6 Å². The maximum absolute atomic E-state index is 15.1. The lowest BCUT2D eigenvalue weighted by Crippen LogP contribution is -2.37. The number of fused-ring (bicyclic) bond motifs is 2. The van der Waals surface area contributed by atoms with Gasteiger partial charge in [-0.25, -0.2) is 14.2 Å². The number of esters is 1. The fourth-order valence-electron chi connectivity index (χ4n) is 3.38. The normalized spacial score (nSPS) is 31.5. The maximum Gasteiger partial charge on any atom is 0.365 e. The summed E-state index contributed by atoms with van der Waals surface area (Å²) in [6.07, 6.45) is -5.19. The molecule has 6 atom stereocenters. The number of nitrogens with two attached hydrogens (primary N) is 1. The minimum atomic E-state index is -5.12. The first-order valence-corrected chi connectivity index (χ1v) is 10.6. The van der Waals surface area contributed by atoms with Crippen LogP contribution in [0.4, 0.5) is 10.2 Å². The zero-order valence-corrected chi connectivity index (χ0v) is 16.8. The minimum absolute atomic E-state index is 0.0406. The molecule has 4 rings (SSSR count). The van der Waals surface area contributed by atoms with Crippen LogP contribution < -0.4 is 5.73 Å². The van der Waals surface area contributed by atoms with Gasteiger partial charge in [-0.05, 0) is 18.5 Å². The molecule has 0 amide bonds. The Morgan fingerprint density at radius 2 is 2.23 bits per heavy atom. The predicted molar refractivity (Wildman–Crippen MR) is 95.8 cm³/mol. The van der Waals surface area contributed by atoms with Crippen LogP contribution in [-0.2, 0) is 23.6 Å². The number of ether oxygens (including phenoxy) is 3. The number of anilines is 1. The van der Waals surface area contributed by atoms with Gasteiger partial charge in [0.1, 0.15) is 17.7 Å². The Bertz CT molecular complexity index is 1070. The molecule has 16 heteroatoms. The van der Waals surface area contributed by atoms with E-state index in [0.717, 1.165) is 4.57 Å². The van der Waals surface area contributed by atoms with Crippen molar-refractivity contribution in [3.8, 4) is 0 Å². The summed E-state index contributed by atoms with van der Waals surface area (Å²) >= 11 is 5.77. The number of carbonyl (C=O) groups excluding carboxylic acids is 1. The number of hydrogen-bond donors (Lipinski definition) is 4. The summed E-state index contributed by atoms with van der Waals surface area (Å²) in [7, 11) is -5.12. The van der Waals surface area contributed by atoms with Crippen molar-refractivity contribution in [2.24, 2.45) is 0 Å². The van der Waals surface area contributed by atoms with Crippen molar-refractivity contribution >= 4 is 42.1 Å². The molecule has 0 spiro atoms. The zero-order chi connectivity index (χ0) is 22.0. The lowest BCUT2D eigenvalue weighted by Gasteiger charge is -2.24. The molecule has 2 fully saturated rings.